The quantitative estimate of drug-likeness (QED) is 0.349. The maximum absolute atomic E-state index is 6.13. The monoisotopic (exact) mass is 480 g/mol. The van der Waals surface area contributed by atoms with E-state index in [-0.39, 0.29) is 24.0 Å². The van der Waals surface area contributed by atoms with Crippen molar-refractivity contribution < 1.29 is 4.74 Å². The summed E-state index contributed by atoms with van der Waals surface area (Å²) in [6, 6.07) is 5.94. The molecular weight excluding hydrogens is 451 g/mol. The number of ether oxygens (including phenoxy) is 1. The largest absolute Gasteiger partial charge is 0.495 e. The fourth-order valence-corrected chi connectivity index (χ4v) is 3.38. The minimum atomic E-state index is 0. The van der Waals surface area contributed by atoms with Crippen LogP contribution < -0.4 is 15.8 Å². The number of nitrogens with zero attached hydrogens (tertiary/aromatic N) is 2. The Hall–Kier alpha value is -0.730. The molecule has 3 N–H and O–H groups in total. The molecule has 1 aliphatic rings. The lowest BCUT2D eigenvalue weighted by Gasteiger charge is -2.27. The number of rotatable bonds is 7. The van der Waals surface area contributed by atoms with E-state index in [1.165, 1.54) is 25.9 Å². The van der Waals surface area contributed by atoms with Crippen molar-refractivity contribution in [3.8, 4) is 5.75 Å². The Bertz CT molecular complexity index is 562. The summed E-state index contributed by atoms with van der Waals surface area (Å²) in [6.45, 7) is 7.59. The lowest BCUT2D eigenvalue weighted by Crippen LogP contribution is -2.37. The minimum Gasteiger partial charge on any atom is -0.495 e. The lowest BCUT2D eigenvalue weighted by atomic mass is 10.0. The zero-order chi connectivity index (χ0) is 17.5. The summed E-state index contributed by atoms with van der Waals surface area (Å²) < 4.78 is 5.15. The van der Waals surface area contributed by atoms with Crippen molar-refractivity contribution in [2.45, 2.75) is 39.2 Å². The molecule has 5 nitrogen and oxygen atoms in total. The fraction of sp³-hybridized carbons (Fsp3) is 0.611. The molecule has 1 aromatic rings. The van der Waals surface area contributed by atoms with Gasteiger partial charge in [0.25, 0.3) is 0 Å². The molecule has 0 saturated carbocycles. The van der Waals surface area contributed by atoms with Gasteiger partial charge in [0.2, 0.25) is 0 Å². The van der Waals surface area contributed by atoms with Gasteiger partial charge in [-0.15, -0.1) is 24.0 Å². The highest BCUT2D eigenvalue weighted by atomic mass is 127. The highest BCUT2D eigenvalue weighted by molar-refractivity contribution is 14.0. The molecule has 1 aliphatic heterocycles. The van der Waals surface area contributed by atoms with Gasteiger partial charge in [-0.1, -0.05) is 25.4 Å². The van der Waals surface area contributed by atoms with Gasteiger partial charge in [0.1, 0.15) is 5.75 Å². The maximum Gasteiger partial charge on any atom is 0.193 e. The van der Waals surface area contributed by atoms with Gasteiger partial charge in [-0.05, 0) is 56.5 Å². The molecule has 142 valence electrons. The highest BCUT2D eigenvalue weighted by Gasteiger charge is 2.22. The average Bonchev–Trinajstić information content (AvgIpc) is 3.05. The van der Waals surface area contributed by atoms with Crippen LogP contribution in [0.3, 0.4) is 0 Å². The average molecular weight is 481 g/mol. The van der Waals surface area contributed by atoms with Crippen LogP contribution in [0.25, 0.3) is 0 Å². The summed E-state index contributed by atoms with van der Waals surface area (Å²) in [4.78, 5) is 7.10. The number of guanidine groups is 1. The van der Waals surface area contributed by atoms with Crippen molar-refractivity contribution in [1.29, 1.82) is 0 Å². The van der Waals surface area contributed by atoms with Crippen molar-refractivity contribution in [2.24, 2.45) is 16.6 Å². The molecule has 1 unspecified atom stereocenters. The summed E-state index contributed by atoms with van der Waals surface area (Å²) in [5.74, 6) is 1.72. The maximum atomic E-state index is 6.13. The summed E-state index contributed by atoms with van der Waals surface area (Å²) in [5, 5.41) is 3.65. The van der Waals surface area contributed by atoms with E-state index in [0.717, 1.165) is 18.7 Å². The van der Waals surface area contributed by atoms with Gasteiger partial charge in [-0.25, -0.2) is 0 Å². The number of nitrogens with two attached hydrogens (primary N) is 1. The lowest BCUT2D eigenvalue weighted by molar-refractivity contribution is 0.218. The van der Waals surface area contributed by atoms with Crippen LogP contribution in [-0.4, -0.2) is 43.6 Å². The van der Waals surface area contributed by atoms with Crippen molar-refractivity contribution in [3.63, 3.8) is 0 Å². The Morgan fingerprint density at radius 3 is 2.60 bits per heavy atom. The molecule has 0 radical (unpaired) electrons. The first kappa shape index (κ1) is 22.3. The van der Waals surface area contributed by atoms with Crippen molar-refractivity contribution in [1.82, 2.24) is 4.90 Å². The van der Waals surface area contributed by atoms with E-state index in [4.69, 9.17) is 22.1 Å². The molecule has 2 rings (SSSR count). The van der Waals surface area contributed by atoms with E-state index in [9.17, 15) is 0 Å². The van der Waals surface area contributed by atoms with Gasteiger partial charge >= 0.3 is 0 Å². The topological polar surface area (TPSA) is 62.9 Å². The molecule has 25 heavy (non-hydrogen) atoms. The summed E-state index contributed by atoms with van der Waals surface area (Å²) in [7, 11) is 1.59. The zero-order valence-corrected chi connectivity index (χ0v) is 18.4. The first-order chi connectivity index (χ1) is 11.5. The number of hydrogen-bond acceptors (Lipinski definition) is 3. The Kier molecular flexibility index (Phi) is 9.89. The molecule has 1 heterocycles. The molecule has 7 heteroatoms. The second kappa shape index (κ2) is 11.1. The Balaban J connectivity index is 0.00000312. The zero-order valence-electron chi connectivity index (χ0n) is 15.3. The van der Waals surface area contributed by atoms with Gasteiger partial charge < -0.3 is 15.8 Å². The number of benzene rings is 1. The van der Waals surface area contributed by atoms with Crippen LogP contribution in [-0.2, 0) is 0 Å². The SMILES string of the molecule is COc1ccc(NC(N)=NCC(CC(C)C)N2CCCC2)cc1Cl.I. The summed E-state index contributed by atoms with van der Waals surface area (Å²) in [5.41, 5.74) is 6.86. The van der Waals surface area contributed by atoms with Crippen LogP contribution >= 0.6 is 35.6 Å². The molecule has 1 fully saturated rings. The smallest absolute Gasteiger partial charge is 0.193 e. The van der Waals surface area contributed by atoms with Crippen LogP contribution in [0.15, 0.2) is 23.2 Å². The number of methoxy groups -OCH3 is 1. The third-order valence-corrected chi connectivity index (χ3v) is 4.59. The van der Waals surface area contributed by atoms with Crippen molar-refractivity contribution in [3.05, 3.63) is 23.2 Å². The Morgan fingerprint density at radius 2 is 2.04 bits per heavy atom. The van der Waals surface area contributed by atoms with Gasteiger partial charge in [0, 0.05) is 11.7 Å². The molecule has 1 atom stereocenters. The van der Waals surface area contributed by atoms with Crippen LogP contribution in [0.5, 0.6) is 5.75 Å². The van der Waals surface area contributed by atoms with E-state index in [1.54, 1.807) is 13.2 Å². The normalized spacial score (nSPS) is 16.6. The van der Waals surface area contributed by atoms with Crippen LogP contribution in [0.2, 0.25) is 5.02 Å². The van der Waals surface area contributed by atoms with Gasteiger partial charge in [-0.2, -0.15) is 0 Å². The van der Waals surface area contributed by atoms with Gasteiger partial charge in [0.05, 0.1) is 18.7 Å². The van der Waals surface area contributed by atoms with Gasteiger partial charge in [-0.3, -0.25) is 9.89 Å². The number of aliphatic imine (C=N–C) groups is 1. The predicted molar refractivity (Wildman–Crippen MR) is 118 cm³/mol. The standard InChI is InChI=1S/C18H29ClN4O.HI/c1-13(2)10-15(23-8-4-5-9-23)12-21-18(20)22-14-6-7-17(24-3)16(19)11-14;/h6-7,11,13,15H,4-5,8-10,12H2,1-3H3,(H3,20,21,22);1H. The molecule has 0 aliphatic carbocycles. The fourth-order valence-electron chi connectivity index (χ4n) is 3.13. The molecule has 0 aromatic heterocycles. The van der Waals surface area contributed by atoms with Crippen molar-refractivity contribution >= 4 is 47.2 Å². The number of likely N-dealkylation sites (tertiary alicyclic amines) is 1. The highest BCUT2D eigenvalue weighted by Crippen LogP contribution is 2.27. The van der Waals surface area contributed by atoms with E-state index in [1.807, 2.05) is 12.1 Å². The number of halogens is 2. The van der Waals surface area contributed by atoms with Crippen LogP contribution in [0.4, 0.5) is 5.69 Å². The number of nitrogens with one attached hydrogen (secondary N) is 1. The van der Waals surface area contributed by atoms with E-state index < -0.39 is 0 Å². The third-order valence-electron chi connectivity index (χ3n) is 4.30. The van der Waals surface area contributed by atoms with E-state index in [0.29, 0.717) is 28.7 Å². The Labute approximate surface area is 173 Å². The van der Waals surface area contributed by atoms with Crippen LogP contribution in [0.1, 0.15) is 33.1 Å². The number of hydrogen-bond donors (Lipinski definition) is 2. The van der Waals surface area contributed by atoms with E-state index >= 15 is 0 Å². The first-order valence-corrected chi connectivity index (χ1v) is 9.02. The Morgan fingerprint density at radius 1 is 1.36 bits per heavy atom. The first-order valence-electron chi connectivity index (χ1n) is 8.64. The number of anilines is 1. The molecule has 0 spiro atoms. The second-order valence-corrected chi connectivity index (χ2v) is 7.13. The summed E-state index contributed by atoms with van der Waals surface area (Å²) in [6.07, 6.45) is 3.72. The molecule has 1 aromatic carbocycles. The summed E-state index contributed by atoms with van der Waals surface area (Å²) >= 11 is 6.13. The molecule has 0 bridgehead atoms. The second-order valence-electron chi connectivity index (χ2n) is 6.73. The van der Waals surface area contributed by atoms with Crippen LogP contribution in [0, 0.1) is 5.92 Å². The molecular formula is C18H30ClIN4O. The predicted octanol–water partition coefficient (Wildman–Crippen LogP) is 4.20. The third kappa shape index (κ3) is 7.19. The van der Waals surface area contributed by atoms with Gasteiger partial charge in [0.15, 0.2) is 5.96 Å². The minimum absolute atomic E-state index is 0. The molecule has 0 amide bonds. The van der Waals surface area contributed by atoms with Crippen molar-refractivity contribution in [2.75, 3.05) is 32.1 Å². The van der Waals surface area contributed by atoms with E-state index in [2.05, 4.69) is 29.1 Å². The molecule has 1 saturated heterocycles.